The van der Waals surface area contributed by atoms with Gasteiger partial charge in [-0.3, -0.25) is 4.79 Å². The van der Waals surface area contributed by atoms with Gasteiger partial charge in [0.25, 0.3) is 0 Å². The average molecular weight is 390 g/mol. The molecule has 0 amide bonds. The van der Waals surface area contributed by atoms with Gasteiger partial charge in [-0.2, -0.15) is 0 Å². The molecule has 0 aliphatic rings. The second-order valence-electron chi connectivity index (χ2n) is 5.44. The Morgan fingerprint density at radius 1 is 0.842 bits per heavy atom. The van der Waals surface area contributed by atoms with E-state index in [9.17, 15) is 9.90 Å². The predicted octanol–water partition coefficient (Wildman–Crippen LogP) is 2.52. The maximum Gasteiger partial charge on any atom is 1.00 e. The van der Waals surface area contributed by atoms with Crippen molar-refractivity contribution < 1.29 is 80.2 Å². The van der Waals surface area contributed by atoms with Crippen molar-refractivity contribution in [2.24, 2.45) is 5.92 Å². The molecule has 0 aromatic carbocycles. The number of carboxylic acids is 1. The third kappa shape index (κ3) is 15.7. The summed E-state index contributed by atoms with van der Waals surface area (Å²) in [5.41, 5.74) is 0. The van der Waals surface area contributed by atoms with Crippen LogP contribution in [0.5, 0.6) is 0 Å². The van der Waals surface area contributed by atoms with E-state index in [-0.39, 0.29) is 76.2 Å². The van der Waals surface area contributed by atoms with Crippen LogP contribution in [0.1, 0.15) is 92.3 Å². The fourth-order valence-corrected chi connectivity index (χ4v) is 2.38. The smallest absolute Gasteiger partial charge is 1.00 e. The van der Waals surface area contributed by atoms with Gasteiger partial charge in [0, 0.05) is 0 Å². The topological polar surface area (TPSA) is 37.3 Å². The van der Waals surface area contributed by atoms with Gasteiger partial charge in [0.2, 0.25) is 0 Å². The van der Waals surface area contributed by atoms with Gasteiger partial charge in [-0.15, -0.1) is 0 Å². The van der Waals surface area contributed by atoms with Gasteiger partial charge in [0.1, 0.15) is 0 Å². The first-order valence-electron chi connectivity index (χ1n) is 7.95. The molecule has 0 saturated heterocycles. The van der Waals surface area contributed by atoms with Crippen molar-refractivity contribution in [2.45, 2.75) is 90.9 Å². The molecule has 0 fully saturated rings. The van der Waals surface area contributed by atoms with Gasteiger partial charge in [0.15, 0.2) is 0 Å². The molecule has 1 unspecified atom stereocenters. The minimum absolute atomic E-state index is 0. The van der Waals surface area contributed by atoms with Crippen molar-refractivity contribution in [2.75, 3.05) is 0 Å². The molecule has 0 bridgehead atoms. The number of rotatable bonds is 13. The minimum Gasteiger partial charge on any atom is -1.00 e. The molecular formula is C16H33CsO2. The zero-order valence-corrected chi connectivity index (χ0v) is 19.7. The zero-order chi connectivity index (χ0) is 13.6. The fraction of sp³-hybridized carbons (Fsp3) is 0.938. The second kappa shape index (κ2) is 17.6. The van der Waals surface area contributed by atoms with E-state index in [2.05, 4.69) is 13.8 Å². The summed E-state index contributed by atoms with van der Waals surface area (Å²) in [5, 5.41) is 9.17. The van der Waals surface area contributed by atoms with E-state index in [0.717, 1.165) is 25.7 Å². The normalized spacial score (nSPS) is 11.9. The van der Waals surface area contributed by atoms with Crippen LogP contribution in [0.25, 0.3) is 0 Å². The molecule has 1 atom stereocenters. The van der Waals surface area contributed by atoms with E-state index in [4.69, 9.17) is 0 Å². The molecule has 3 heteroatoms. The summed E-state index contributed by atoms with van der Waals surface area (Å²) in [4.78, 5) is 11.1. The first-order chi connectivity index (χ1) is 8.72. The molecule has 0 rings (SSSR count). The molecule has 0 heterocycles. The van der Waals surface area contributed by atoms with Gasteiger partial charge in [0.05, 0.1) is 5.92 Å². The molecule has 0 aliphatic heterocycles. The van der Waals surface area contributed by atoms with E-state index in [1.165, 1.54) is 51.4 Å². The Morgan fingerprint density at radius 3 is 1.63 bits per heavy atom. The van der Waals surface area contributed by atoms with Crippen molar-refractivity contribution >= 4 is 5.97 Å². The first kappa shape index (κ1) is 22.8. The molecular weight excluding hydrogens is 357 g/mol. The van der Waals surface area contributed by atoms with E-state index in [1.807, 2.05) is 0 Å². The SMILES string of the molecule is CCCCCCCCC(CCCCCC)C(=O)O.[Cs+].[H-]. The molecule has 0 saturated carbocycles. The van der Waals surface area contributed by atoms with E-state index in [0.29, 0.717) is 0 Å². The number of aliphatic carboxylic acids is 1. The molecule has 0 radical (unpaired) electrons. The van der Waals surface area contributed by atoms with Crippen LogP contribution >= 0.6 is 0 Å². The monoisotopic (exact) mass is 390 g/mol. The van der Waals surface area contributed by atoms with Crippen molar-refractivity contribution in [3.05, 3.63) is 0 Å². The number of carboxylic acid groups (broad SMARTS) is 1. The molecule has 110 valence electrons. The van der Waals surface area contributed by atoms with Gasteiger partial charge in [-0.25, -0.2) is 0 Å². The Hall–Kier alpha value is 1.52. The average Bonchev–Trinajstić information content (AvgIpc) is 2.35. The van der Waals surface area contributed by atoms with E-state index < -0.39 is 5.97 Å². The number of unbranched alkanes of at least 4 members (excludes halogenated alkanes) is 8. The van der Waals surface area contributed by atoms with Gasteiger partial charge >= 0.3 is 74.9 Å². The zero-order valence-electron chi connectivity index (χ0n) is 14.4. The molecule has 0 aliphatic carbocycles. The Bertz CT molecular complexity index is 201. The standard InChI is InChI=1S/C16H32O2.Cs.H/c1-3-5-7-9-10-12-14-15(16(17)18)13-11-8-6-4-2;;/h15H,3-14H2,1-2H3,(H,17,18);;/q;+1;-1. The third-order valence-corrected chi connectivity index (χ3v) is 3.66. The third-order valence-electron chi connectivity index (χ3n) is 3.66. The van der Waals surface area contributed by atoms with Crippen LogP contribution in [0.4, 0.5) is 0 Å². The van der Waals surface area contributed by atoms with Crippen LogP contribution in [0.3, 0.4) is 0 Å². The molecule has 0 aromatic rings. The van der Waals surface area contributed by atoms with E-state index in [1.54, 1.807) is 0 Å². The molecule has 2 nitrogen and oxygen atoms in total. The van der Waals surface area contributed by atoms with Crippen LogP contribution in [-0.4, -0.2) is 11.1 Å². The molecule has 19 heavy (non-hydrogen) atoms. The fourth-order valence-electron chi connectivity index (χ4n) is 2.38. The number of carbonyl (C=O) groups is 1. The Labute approximate surface area is 180 Å². The second-order valence-corrected chi connectivity index (χ2v) is 5.44. The summed E-state index contributed by atoms with van der Waals surface area (Å²) in [6, 6.07) is 0. The van der Waals surface area contributed by atoms with Gasteiger partial charge in [-0.05, 0) is 12.8 Å². The van der Waals surface area contributed by atoms with Crippen LogP contribution < -0.4 is 68.9 Å². The number of hydrogen-bond acceptors (Lipinski definition) is 1. The minimum atomic E-state index is -0.583. The maximum atomic E-state index is 11.1. The van der Waals surface area contributed by atoms with Crippen LogP contribution in [0.2, 0.25) is 0 Å². The Morgan fingerprint density at radius 2 is 1.21 bits per heavy atom. The van der Waals surface area contributed by atoms with Gasteiger partial charge in [-0.1, -0.05) is 78.1 Å². The van der Waals surface area contributed by atoms with Gasteiger partial charge < -0.3 is 6.53 Å². The molecule has 0 spiro atoms. The van der Waals surface area contributed by atoms with Crippen molar-refractivity contribution in [3.8, 4) is 0 Å². The largest absolute Gasteiger partial charge is 1.00 e. The van der Waals surface area contributed by atoms with Crippen LogP contribution in [0, 0.1) is 5.92 Å². The maximum absolute atomic E-state index is 11.1. The first-order valence-corrected chi connectivity index (χ1v) is 7.95. The predicted molar refractivity (Wildman–Crippen MR) is 79.0 cm³/mol. The summed E-state index contributed by atoms with van der Waals surface area (Å²) in [6.07, 6.45) is 14.0. The van der Waals surface area contributed by atoms with Crippen molar-refractivity contribution in [3.63, 3.8) is 0 Å². The summed E-state index contributed by atoms with van der Waals surface area (Å²) >= 11 is 0. The van der Waals surface area contributed by atoms with E-state index >= 15 is 0 Å². The summed E-state index contributed by atoms with van der Waals surface area (Å²) < 4.78 is 0. The Kier molecular flexibility index (Phi) is 21.1. The number of hydrogen-bond donors (Lipinski definition) is 1. The summed E-state index contributed by atoms with van der Waals surface area (Å²) in [6.45, 7) is 4.40. The quantitative estimate of drug-likeness (QED) is 0.491. The van der Waals surface area contributed by atoms with Crippen molar-refractivity contribution in [1.82, 2.24) is 0 Å². The summed E-state index contributed by atoms with van der Waals surface area (Å²) in [7, 11) is 0. The van der Waals surface area contributed by atoms with Crippen LogP contribution in [-0.2, 0) is 4.79 Å². The summed E-state index contributed by atoms with van der Waals surface area (Å²) in [5.74, 6) is -0.673. The molecule has 0 aromatic heterocycles. The van der Waals surface area contributed by atoms with Crippen LogP contribution in [0.15, 0.2) is 0 Å². The van der Waals surface area contributed by atoms with Crippen molar-refractivity contribution in [1.29, 1.82) is 0 Å². The molecule has 1 N–H and O–H groups in total. The Balaban J connectivity index is -0.00000144.